The molecule has 1 saturated heterocycles. The van der Waals surface area contributed by atoms with Crippen molar-refractivity contribution in [3.63, 3.8) is 0 Å². The van der Waals surface area contributed by atoms with Crippen molar-refractivity contribution in [3.8, 4) is 16.9 Å². The van der Waals surface area contributed by atoms with E-state index in [9.17, 15) is 18.8 Å². The van der Waals surface area contributed by atoms with E-state index in [1.807, 2.05) is 70.3 Å². The van der Waals surface area contributed by atoms with Crippen LogP contribution in [0.4, 0.5) is 26.5 Å². The number of amides is 3. The van der Waals surface area contributed by atoms with Crippen molar-refractivity contribution in [1.29, 1.82) is 0 Å². The quantitative estimate of drug-likeness (QED) is 0.178. The van der Waals surface area contributed by atoms with Crippen molar-refractivity contribution in [3.05, 3.63) is 102 Å². The van der Waals surface area contributed by atoms with Crippen LogP contribution >= 0.6 is 0 Å². The van der Waals surface area contributed by atoms with Gasteiger partial charge in [-0.1, -0.05) is 24.3 Å². The van der Waals surface area contributed by atoms with Gasteiger partial charge in [0.15, 0.2) is 5.65 Å². The fourth-order valence-corrected chi connectivity index (χ4v) is 5.60. The Morgan fingerprint density at radius 2 is 1.55 bits per heavy atom. The number of halogens is 1. The SMILES string of the molecule is CCOc1cc(C(=O)N2CCN(C(=O)OC(C)(C)C)CC2)ccc1Nc1nc2ccc(-c3ccc(NC(=O)Cc4ccc(F)cc4)cc3)cn2n1. The van der Waals surface area contributed by atoms with E-state index in [0.717, 1.165) is 16.7 Å². The summed E-state index contributed by atoms with van der Waals surface area (Å²) in [7, 11) is 0. The van der Waals surface area contributed by atoms with Gasteiger partial charge in [0.2, 0.25) is 11.9 Å². The van der Waals surface area contributed by atoms with Crippen LogP contribution < -0.4 is 15.4 Å². The van der Waals surface area contributed by atoms with E-state index >= 15 is 0 Å². The van der Waals surface area contributed by atoms with Crippen molar-refractivity contribution in [2.24, 2.45) is 0 Å². The maximum absolute atomic E-state index is 13.4. The number of nitrogens with zero attached hydrogens (tertiary/aromatic N) is 5. The van der Waals surface area contributed by atoms with Crippen LogP contribution in [0.5, 0.6) is 5.75 Å². The molecule has 3 amide bonds. The van der Waals surface area contributed by atoms with Crippen LogP contribution in [0.25, 0.3) is 16.8 Å². The van der Waals surface area contributed by atoms with Crippen LogP contribution in [0.1, 0.15) is 43.6 Å². The van der Waals surface area contributed by atoms with Crippen LogP contribution in [0.2, 0.25) is 0 Å². The number of anilines is 3. The lowest BCUT2D eigenvalue weighted by molar-refractivity contribution is -0.115. The maximum atomic E-state index is 13.4. The lowest BCUT2D eigenvalue weighted by Crippen LogP contribution is -2.51. The first-order valence-corrected chi connectivity index (χ1v) is 16.8. The van der Waals surface area contributed by atoms with Crippen LogP contribution in [-0.2, 0) is 16.0 Å². The average molecular weight is 694 g/mol. The lowest BCUT2D eigenvalue weighted by Gasteiger charge is -2.35. The summed E-state index contributed by atoms with van der Waals surface area (Å²) in [5.74, 6) is 0.157. The molecule has 12 nitrogen and oxygen atoms in total. The molecule has 3 heterocycles. The zero-order chi connectivity index (χ0) is 36.1. The molecular weight excluding hydrogens is 653 g/mol. The highest BCUT2D eigenvalue weighted by Crippen LogP contribution is 2.30. The molecule has 1 aliphatic heterocycles. The number of hydrogen-bond donors (Lipinski definition) is 2. The Bertz CT molecular complexity index is 2030. The predicted octanol–water partition coefficient (Wildman–Crippen LogP) is 6.55. The molecule has 264 valence electrons. The first-order chi connectivity index (χ1) is 24.4. The maximum Gasteiger partial charge on any atom is 0.410 e. The van der Waals surface area contributed by atoms with Gasteiger partial charge in [-0.15, -0.1) is 5.10 Å². The van der Waals surface area contributed by atoms with Gasteiger partial charge in [-0.2, -0.15) is 4.98 Å². The molecule has 5 aromatic rings. The molecule has 0 bridgehead atoms. The topological polar surface area (TPSA) is 130 Å². The Hall–Kier alpha value is -5.98. The summed E-state index contributed by atoms with van der Waals surface area (Å²) in [6.07, 6.45) is 1.63. The van der Waals surface area contributed by atoms with Crippen molar-refractivity contribution >= 4 is 40.9 Å². The van der Waals surface area contributed by atoms with Crippen LogP contribution in [0.3, 0.4) is 0 Å². The fourth-order valence-electron chi connectivity index (χ4n) is 5.60. The minimum absolute atomic E-state index is 0.145. The Kier molecular flexibility index (Phi) is 10.2. The Balaban J connectivity index is 1.09. The average Bonchev–Trinajstić information content (AvgIpc) is 3.51. The van der Waals surface area contributed by atoms with Gasteiger partial charge in [0, 0.05) is 49.2 Å². The molecule has 2 N–H and O–H groups in total. The normalized spacial score (nSPS) is 13.2. The van der Waals surface area contributed by atoms with E-state index in [1.54, 1.807) is 44.6 Å². The van der Waals surface area contributed by atoms with E-state index in [1.165, 1.54) is 12.1 Å². The van der Waals surface area contributed by atoms with Gasteiger partial charge in [-0.25, -0.2) is 13.7 Å². The predicted molar refractivity (Wildman–Crippen MR) is 192 cm³/mol. The van der Waals surface area contributed by atoms with E-state index < -0.39 is 5.60 Å². The number of nitrogens with one attached hydrogen (secondary N) is 2. The third-order valence-electron chi connectivity index (χ3n) is 8.10. The Labute approximate surface area is 295 Å². The molecule has 51 heavy (non-hydrogen) atoms. The first kappa shape index (κ1) is 34.9. The highest BCUT2D eigenvalue weighted by molar-refractivity contribution is 5.96. The molecule has 0 atom stereocenters. The van der Waals surface area contributed by atoms with Crippen molar-refractivity contribution in [2.75, 3.05) is 43.4 Å². The third kappa shape index (κ3) is 8.79. The van der Waals surface area contributed by atoms with Gasteiger partial charge < -0.3 is 29.9 Å². The van der Waals surface area contributed by atoms with E-state index in [-0.39, 0.29) is 30.1 Å². The van der Waals surface area contributed by atoms with Gasteiger partial charge in [0.25, 0.3) is 5.91 Å². The number of fused-ring (bicyclic) bond motifs is 1. The second kappa shape index (κ2) is 14.9. The van der Waals surface area contributed by atoms with Crippen molar-refractivity contribution < 1.29 is 28.2 Å². The number of pyridine rings is 1. The molecule has 2 aromatic heterocycles. The zero-order valence-corrected chi connectivity index (χ0v) is 29.0. The fraction of sp³-hybridized carbons (Fsp3) is 0.289. The highest BCUT2D eigenvalue weighted by atomic mass is 19.1. The number of hydrogen-bond acceptors (Lipinski definition) is 8. The van der Waals surface area contributed by atoms with Crippen LogP contribution in [-0.4, -0.2) is 80.7 Å². The Morgan fingerprint density at radius 3 is 2.24 bits per heavy atom. The van der Waals surface area contributed by atoms with Crippen molar-refractivity contribution in [2.45, 2.75) is 39.7 Å². The van der Waals surface area contributed by atoms with E-state index in [0.29, 0.717) is 67.1 Å². The molecule has 0 spiro atoms. The molecule has 1 aliphatic rings. The first-order valence-electron chi connectivity index (χ1n) is 16.8. The van der Waals surface area contributed by atoms with Gasteiger partial charge >= 0.3 is 6.09 Å². The molecular formula is C38H40FN7O5. The summed E-state index contributed by atoms with van der Waals surface area (Å²) in [5.41, 5.74) is 4.32. The number of carbonyl (C=O) groups excluding carboxylic acids is 3. The largest absolute Gasteiger partial charge is 0.492 e. The minimum atomic E-state index is -0.581. The smallest absolute Gasteiger partial charge is 0.410 e. The number of benzene rings is 3. The second-order valence-corrected chi connectivity index (χ2v) is 13.1. The monoisotopic (exact) mass is 693 g/mol. The van der Waals surface area contributed by atoms with Gasteiger partial charge in [-0.3, -0.25) is 9.59 Å². The summed E-state index contributed by atoms with van der Waals surface area (Å²) in [5, 5.41) is 10.7. The third-order valence-corrected chi connectivity index (χ3v) is 8.10. The second-order valence-electron chi connectivity index (χ2n) is 13.1. The summed E-state index contributed by atoms with van der Waals surface area (Å²) in [4.78, 5) is 46.2. The van der Waals surface area contributed by atoms with Crippen molar-refractivity contribution in [1.82, 2.24) is 24.4 Å². The van der Waals surface area contributed by atoms with Gasteiger partial charge in [-0.05, 0) is 93.4 Å². The number of carbonyl (C=O) groups is 3. The molecule has 0 saturated carbocycles. The highest BCUT2D eigenvalue weighted by Gasteiger charge is 2.28. The molecule has 0 aliphatic carbocycles. The summed E-state index contributed by atoms with van der Waals surface area (Å²) >= 11 is 0. The number of aromatic nitrogens is 3. The molecule has 1 fully saturated rings. The zero-order valence-electron chi connectivity index (χ0n) is 29.0. The van der Waals surface area contributed by atoms with Gasteiger partial charge in [0.1, 0.15) is 17.2 Å². The standard InChI is InChI=1S/C38H40FN7O5/c1-5-50-32-23-27(35(48)44-18-20-45(21-19-44)37(49)51-38(2,3)4)10-16-31(32)41-36-42-33-17-11-28(24-46(33)43-36)26-8-14-30(15-9-26)40-34(47)22-25-6-12-29(39)13-7-25/h6-17,23-24H,5,18-22H2,1-4H3,(H,40,47)(H,41,43). The van der Waals surface area contributed by atoms with E-state index in [4.69, 9.17) is 9.47 Å². The summed E-state index contributed by atoms with van der Waals surface area (Å²) in [6, 6.07) is 22.3. The number of piperazine rings is 1. The Morgan fingerprint density at radius 1 is 0.863 bits per heavy atom. The van der Waals surface area contributed by atoms with Gasteiger partial charge in [0.05, 0.1) is 18.7 Å². The molecule has 6 rings (SSSR count). The summed E-state index contributed by atoms with van der Waals surface area (Å²) < 4.78 is 26.2. The van der Waals surface area contributed by atoms with Crippen LogP contribution in [0, 0.1) is 5.82 Å². The molecule has 0 radical (unpaired) electrons. The number of rotatable bonds is 9. The van der Waals surface area contributed by atoms with Crippen LogP contribution in [0.15, 0.2) is 85.1 Å². The summed E-state index contributed by atoms with van der Waals surface area (Å²) in [6.45, 7) is 9.32. The molecule has 0 unspecified atom stereocenters. The number of ether oxygens (including phenoxy) is 2. The molecule has 13 heteroatoms. The minimum Gasteiger partial charge on any atom is -0.492 e. The lowest BCUT2D eigenvalue weighted by atomic mass is 10.1. The molecule has 3 aromatic carbocycles. The van der Waals surface area contributed by atoms with E-state index in [2.05, 4.69) is 20.7 Å².